The number of nitrogens with zero attached hydrogens (tertiary/aromatic N) is 2. The monoisotopic (exact) mass is 353 g/mol. The normalized spacial score (nSPS) is 10.3. The van der Waals surface area contributed by atoms with E-state index in [4.69, 9.17) is 21.1 Å². The molecule has 1 aromatic heterocycles. The Hall–Kier alpha value is -2.97. The lowest BCUT2D eigenvalue weighted by Gasteiger charge is -2.15. The van der Waals surface area contributed by atoms with Gasteiger partial charge in [-0.1, -0.05) is 23.7 Å². The zero-order valence-corrected chi connectivity index (χ0v) is 14.6. The Morgan fingerprint density at radius 1 is 1.20 bits per heavy atom. The molecular formula is C19H16ClN3O2. The number of hydrogen-bond acceptors (Lipinski definition) is 5. The van der Waals surface area contributed by atoms with E-state index in [1.807, 2.05) is 24.3 Å². The van der Waals surface area contributed by atoms with Crippen LogP contribution in [0.15, 0.2) is 42.6 Å². The Morgan fingerprint density at radius 3 is 2.76 bits per heavy atom. The summed E-state index contributed by atoms with van der Waals surface area (Å²) in [5.74, 6) is 1.32. The summed E-state index contributed by atoms with van der Waals surface area (Å²) in [7, 11) is 3.20. The number of methoxy groups -OCH3 is 2. The van der Waals surface area contributed by atoms with Gasteiger partial charge in [-0.3, -0.25) is 4.98 Å². The molecule has 6 heteroatoms. The molecule has 25 heavy (non-hydrogen) atoms. The first-order valence-corrected chi connectivity index (χ1v) is 7.97. The Balaban J connectivity index is 2.02. The Labute approximate surface area is 150 Å². The fourth-order valence-corrected chi connectivity index (χ4v) is 2.89. The molecule has 0 saturated heterocycles. The average molecular weight is 354 g/mol. The van der Waals surface area contributed by atoms with Crippen LogP contribution < -0.4 is 14.8 Å². The molecule has 0 aliphatic carbocycles. The van der Waals surface area contributed by atoms with Gasteiger partial charge in [0, 0.05) is 28.7 Å². The minimum atomic E-state index is 0.455. The van der Waals surface area contributed by atoms with Gasteiger partial charge in [-0.2, -0.15) is 5.26 Å². The van der Waals surface area contributed by atoms with E-state index >= 15 is 0 Å². The number of nitrogens with one attached hydrogen (secondary N) is 1. The lowest BCUT2D eigenvalue weighted by atomic mass is 10.1. The molecule has 126 valence electrons. The number of anilines is 1. The van der Waals surface area contributed by atoms with Crippen molar-refractivity contribution in [3.63, 3.8) is 0 Å². The minimum Gasteiger partial charge on any atom is -0.493 e. The number of pyridine rings is 1. The lowest BCUT2D eigenvalue weighted by Crippen LogP contribution is -2.05. The van der Waals surface area contributed by atoms with E-state index in [1.54, 1.807) is 32.5 Å². The van der Waals surface area contributed by atoms with Crippen LogP contribution in [0.5, 0.6) is 11.5 Å². The van der Waals surface area contributed by atoms with Crippen LogP contribution in [0, 0.1) is 11.3 Å². The van der Waals surface area contributed by atoms with Crippen LogP contribution in [-0.2, 0) is 6.54 Å². The zero-order chi connectivity index (χ0) is 17.8. The highest BCUT2D eigenvalue weighted by Gasteiger charge is 2.13. The second-order valence-electron chi connectivity index (χ2n) is 5.33. The summed E-state index contributed by atoms with van der Waals surface area (Å²) >= 11 is 6.12. The van der Waals surface area contributed by atoms with Gasteiger partial charge in [-0.25, -0.2) is 0 Å². The number of nitriles is 1. The summed E-state index contributed by atoms with van der Waals surface area (Å²) in [6, 6.07) is 13.3. The van der Waals surface area contributed by atoms with Gasteiger partial charge in [0.25, 0.3) is 0 Å². The second-order valence-corrected chi connectivity index (χ2v) is 5.76. The fourth-order valence-electron chi connectivity index (χ4n) is 2.72. The van der Waals surface area contributed by atoms with Gasteiger partial charge in [0.05, 0.1) is 31.0 Å². The first-order valence-electron chi connectivity index (χ1n) is 7.60. The molecule has 0 radical (unpaired) electrons. The highest BCUT2D eigenvalue weighted by Crippen LogP contribution is 2.33. The van der Waals surface area contributed by atoms with Gasteiger partial charge >= 0.3 is 0 Å². The molecule has 1 heterocycles. The molecule has 3 rings (SSSR count). The molecule has 0 spiro atoms. The van der Waals surface area contributed by atoms with Crippen molar-refractivity contribution in [1.29, 1.82) is 5.26 Å². The SMILES string of the molecule is COc1cccc(CNc2c(C#N)cnc3ccc(Cl)cc23)c1OC. The summed E-state index contributed by atoms with van der Waals surface area (Å²) in [6.45, 7) is 0.459. The molecule has 0 amide bonds. The van der Waals surface area contributed by atoms with E-state index in [1.165, 1.54) is 0 Å². The topological polar surface area (TPSA) is 67.2 Å². The van der Waals surface area contributed by atoms with Crippen molar-refractivity contribution in [2.75, 3.05) is 19.5 Å². The summed E-state index contributed by atoms with van der Waals surface area (Å²) < 4.78 is 10.8. The van der Waals surface area contributed by atoms with Crippen LogP contribution in [0.2, 0.25) is 5.02 Å². The maximum atomic E-state index is 9.42. The number of ether oxygens (including phenoxy) is 2. The largest absolute Gasteiger partial charge is 0.493 e. The fraction of sp³-hybridized carbons (Fsp3) is 0.158. The van der Waals surface area contributed by atoms with Gasteiger partial charge in [0.2, 0.25) is 0 Å². The van der Waals surface area contributed by atoms with E-state index in [0.717, 1.165) is 16.5 Å². The predicted molar refractivity (Wildman–Crippen MR) is 98.3 cm³/mol. The number of rotatable bonds is 5. The number of aromatic nitrogens is 1. The van der Waals surface area contributed by atoms with Gasteiger partial charge in [-0.05, 0) is 24.3 Å². The Morgan fingerprint density at radius 2 is 2.04 bits per heavy atom. The van der Waals surface area contributed by atoms with E-state index < -0.39 is 0 Å². The first kappa shape index (κ1) is 16.9. The molecule has 0 fully saturated rings. The quantitative estimate of drug-likeness (QED) is 0.736. The number of benzene rings is 2. The molecule has 0 unspecified atom stereocenters. The van der Waals surface area contributed by atoms with Crippen molar-refractivity contribution < 1.29 is 9.47 Å². The van der Waals surface area contributed by atoms with Crippen LogP contribution in [0.3, 0.4) is 0 Å². The van der Waals surface area contributed by atoms with Crippen LogP contribution in [-0.4, -0.2) is 19.2 Å². The Kier molecular flexibility index (Phi) is 4.92. The standard InChI is InChI=1S/C19H16ClN3O2/c1-24-17-5-3-4-12(19(17)25-2)10-23-18-13(9-21)11-22-16-7-6-14(20)8-15(16)18/h3-8,11H,10H2,1-2H3,(H,22,23). The molecule has 0 aliphatic rings. The zero-order valence-electron chi connectivity index (χ0n) is 13.8. The third kappa shape index (κ3) is 3.30. The molecule has 0 aliphatic heterocycles. The van der Waals surface area contributed by atoms with Crippen molar-refractivity contribution in [1.82, 2.24) is 4.98 Å². The summed E-state index contributed by atoms with van der Waals surface area (Å²) in [5, 5.41) is 14.1. The highest BCUT2D eigenvalue weighted by atomic mass is 35.5. The van der Waals surface area contributed by atoms with Gasteiger partial charge in [0.1, 0.15) is 6.07 Å². The Bertz CT molecular complexity index is 967. The van der Waals surface area contributed by atoms with Crippen LogP contribution >= 0.6 is 11.6 Å². The molecule has 5 nitrogen and oxygen atoms in total. The van der Waals surface area contributed by atoms with Gasteiger partial charge < -0.3 is 14.8 Å². The molecule has 2 aromatic carbocycles. The number of para-hydroxylation sites is 1. The molecular weight excluding hydrogens is 338 g/mol. The number of halogens is 1. The maximum absolute atomic E-state index is 9.42. The van der Waals surface area contributed by atoms with Crippen LogP contribution in [0.4, 0.5) is 5.69 Å². The molecule has 1 N–H and O–H groups in total. The number of fused-ring (bicyclic) bond motifs is 1. The van der Waals surface area contributed by atoms with E-state index in [2.05, 4.69) is 16.4 Å². The summed E-state index contributed by atoms with van der Waals surface area (Å²) in [5.41, 5.74) is 2.83. The van der Waals surface area contributed by atoms with Crippen molar-refractivity contribution >= 4 is 28.2 Å². The van der Waals surface area contributed by atoms with Crippen molar-refractivity contribution in [2.45, 2.75) is 6.54 Å². The van der Waals surface area contributed by atoms with E-state index in [9.17, 15) is 5.26 Å². The summed E-state index contributed by atoms with van der Waals surface area (Å²) in [6.07, 6.45) is 1.56. The van der Waals surface area contributed by atoms with Crippen LogP contribution in [0.1, 0.15) is 11.1 Å². The second kappa shape index (κ2) is 7.29. The van der Waals surface area contributed by atoms with Crippen molar-refractivity contribution in [3.05, 3.63) is 58.7 Å². The molecule has 0 bridgehead atoms. The van der Waals surface area contributed by atoms with E-state index in [0.29, 0.717) is 34.3 Å². The first-order chi connectivity index (χ1) is 12.2. The van der Waals surface area contributed by atoms with Gasteiger partial charge in [-0.15, -0.1) is 0 Å². The summed E-state index contributed by atoms with van der Waals surface area (Å²) in [4.78, 5) is 4.30. The molecule has 3 aromatic rings. The maximum Gasteiger partial charge on any atom is 0.165 e. The van der Waals surface area contributed by atoms with Crippen LogP contribution in [0.25, 0.3) is 10.9 Å². The van der Waals surface area contributed by atoms with Gasteiger partial charge in [0.15, 0.2) is 11.5 Å². The third-order valence-electron chi connectivity index (χ3n) is 3.89. The highest BCUT2D eigenvalue weighted by molar-refractivity contribution is 6.31. The van der Waals surface area contributed by atoms with E-state index in [-0.39, 0.29) is 0 Å². The minimum absolute atomic E-state index is 0.455. The van der Waals surface area contributed by atoms with Crippen molar-refractivity contribution in [3.8, 4) is 17.6 Å². The third-order valence-corrected chi connectivity index (χ3v) is 4.13. The predicted octanol–water partition coefficient (Wildman–Crippen LogP) is 4.39. The molecule has 0 saturated carbocycles. The average Bonchev–Trinajstić information content (AvgIpc) is 2.65. The lowest BCUT2D eigenvalue weighted by molar-refractivity contribution is 0.352. The smallest absolute Gasteiger partial charge is 0.165 e. The number of hydrogen-bond donors (Lipinski definition) is 1. The van der Waals surface area contributed by atoms with Crippen molar-refractivity contribution in [2.24, 2.45) is 0 Å². The molecule has 0 atom stereocenters.